The van der Waals surface area contributed by atoms with E-state index in [9.17, 15) is 4.79 Å². The lowest BCUT2D eigenvalue weighted by atomic mass is 10.2. The Morgan fingerprint density at radius 2 is 1.85 bits per heavy atom. The van der Waals surface area contributed by atoms with Gasteiger partial charge in [0.05, 0.1) is 13.7 Å². The third-order valence-corrected chi connectivity index (χ3v) is 6.22. The van der Waals surface area contributed by atoms with Gasteiger partial charge in [0.15, 0.2) is 11.0 Å². The molecule has 1 heterocycles. The lowest BCUT2D eigenvalue weighted by Gasteiger charge is -2.12. The Hall–Kier alpha value is -3.49. The number of halogens is 1. The normalized spacial score (nSPS) is 10.7. The number of urea groups is 1. The van der Waals surface area contributed by atoms with Crippen molar-refractivity contribution in [1.82, 2.24) is 20.1 Å². The molecule has 9 heteroatoms. The summed E-state index contributed by atoms with van der Waals surface area (Å²) in [5.41, 5.74) is 3.81. The van der Waals surface area contributed by atoms with Crippen LogP contribution in [0.3, 0.4) is 0 Å². The quantitative estimate of drug-likeness (QED) is 0.301. The van der Waals surface area contributed by atoms with Crippen LogP contribution in [0.1, 0.15) is 17.0 Å². The van der Waals surface area contributed by atoms with E-state index in [1.54, 1.807) is 43.1 Å². The van der Waals surface area contributed by atoms with Crippen molar-refractivity contribution in [2.75, 3.05) is 12.4 Å². The van der Waals surface area contributed by atoms with Crippen LogP contribution in [0.2, 0.25) is 5.02 Å². The van der Waals surface area contributed by atoms with Crippen LogP contribution in [-0.4, -0.2) is 27.9 Å². The van der Waals surface area contributed by atoms with E-state index >= 15 is 0 Å². The fraction of sp³-hybridized carbons (Fsp3) is 0.160. The second-order valence-electron chi connectivity index (χ2n) is 7.53. The van der Waals surface area contributed by atoms with E-state index in [0.717, 1.165) is 27.7 Å². The average Bonchev–Trinajstić information content (AvgIpc) is 3.25. The SMILES string of the molecule is COc1cccc(CSc2nnc(CNC(=O)Nc3cccc(Cl)c3)n2-c2ccc(C)cc2)c1. The van der Waals surface area contributed by atoms with Crippen molar-refractivity contribution in [3.05, 3.63) is 94.8 Å². The van der Waals surface area contributed by atoms with E-state index in [-0.39, 0.29) is 12.6 Å². The molecule has 2 N–H and O–H groups in total. The van der Waals surface area contributed by atoms with Crippen LogP contribution in [0.25, 0.3) is 5.69 Å². The summed E-state index contributed by atoms with van der Waals surface area (Å²) in [6.07, 6.45) is 0. The van der Waals surface area contributed by atoms with Crippen molar-refractivity contribution in [3.63, 3.8) is 0 Å². The second kappa shape index (κ2) is 11.1. The minimum absolute atomic E-state index is 0.201. The number of nitrogens with one attached hydrogen (secondary N) is 2. The van der Waals surface area contributed by atoms with Gasteiger partial charge in [-0.05, 0) is 55.0 Å². The van der Waals surface area contributed by atoms with Gasteiger partial charge in [-0.3, -0.25) is 4.57 Å². The molecule has 4 aromatic rings. The van der Waals surface area contributed by atoms with Gasteiger partial charge < -0.3 is 15.4 Å². The predicted molar refractivity (Wildman–Crippen MR) is 136 cm³/mol. The zero-order chi connectivity index (χ0) is 23.9. The fourth-order valence-electron chi connectivity index (χ4n) is 3.27. The van der Waals surface area contributed by atoms with Crippen LogP contribution in [-0.2, 0) is 12.3 Å². The Labute approximate surface area is 207 Å². The standard InChI is InChI=1S/C25H24ClN5O2S/c1-17-9-11-21(12-10-17)31-23(15-27-24(32)28-20-7-4-6-19(26)14-20)29-30-25(31)34-16-18-5-3-8-22(13-18)33-2/h3-14H,15-16H2,1-2H3,(H2,27,28,32). The van der Waals surface area contributed by atoms with E-state index < -0.39 is 0 Å². The van der Waals surface area contributed by atoms with Gasteiger partial charge in [0, 0.05) is 22.2 Å². The van der Waals surface area contributed by atoms with Crippen LogP contribution < -0.4 is 15.4 Å². The largest absolute Gasteiger partial charge is 0.497 e. The Morgan fingerprint density at radius 3 is 2.62 bits per heavy atom. The highest BCUT2D eigenvalue weighted by Crippen LogP contribution is 2.27. The molecule has 1 aromatic heterocycles. The molecule has 174 valence electrons. The molecule has 34 heavy (non-hydrogen) atoms. The van der Waals surface area contributed by atoms with Gasteiger partial charge in [-0.25, -0.2) is 4.79 Å². The molecule has 7 nitrogen and oxygen atoms in total. The number of aryl methyl sites for hydroxylation is 1. The van der Waals surface area contributed by atoms with Gasteiger partial charge in [0.25, 0.3) is 0 Å². The first-order chi connectivity index (χ1) is 16.5. The first-order valence-corrected chi connectivity index (χ1v) is 12.0. The number of methoxy groups -OCH3 is 1. The maximum atomic E-state index is 12.4. The predicted octanol–water partition coefficient (Wildman–Crippen LogP) is 5.85. The number of carbonyl (C=O) groups is 1. The van der Waals surface area contributed by atoms with E-state index in [2.05, 4.69) is 20.8 Å². The number of nitrogens with zero attached hydrogens (tertiary/aromatic N) is 3. The zero-order valence-electron chi connectivity index (χ0n) is 18.8. The molecule has 2 amide bonds. The van der Waals surface area contributed by atoms with E-state index in [1.807, 2.05) is 60.0 Å². The molecule has 0 atom stereocenters. The molecule has 3 aromatic carbocycles. The summed E-state index contributed by atoms with van der Waals surface area (Å²) in [6, 6.07) is 22.7. The smallest absolute Gasteiger partial charge is 0.319 e. The van der Waals surface area contributed by atoms with E-state index in [4.69, 9.17) is 16.3 Å². The summed E-state index contributed by atoms with van der Waals surface area (Å²) in [5.74, 6) is 2.14. The van der Waals surface area contributed by atoms with Crippen LogP contribution in [0.5, 0.6) is 5.75 Å². The number of hydrogen-bond acceptors (Lipinski definition) is 5. The highest BCUT2D eigenvalue weighted by Gasteiger charge is 2.16. The zero-order valence-corrected chi connectivity index (χ0v) is 20.4. The van der Waals surface area contributed by atoms with Gasteiger partial charge in [0.2, 0.25) is 0 Å². The number of rotatable bonds is 8. The highest BCUT2D eigenvalue weighted by atomic mass is 35.5. The number of ether oxygens (including phenoxy) is 1. The minimum atomic E-state index is -0.355. The van der Waals surface area contributed by atoms with Gasteiger partial charge in [0.1, 0.15) is 5.75 Å². The molecule has 0 aliphatic carbocycles. The topological polar surface area (TPSA) is 81.1 Å². The van der Waals surface area contributed by atoms with E-state index in [0.29, 0.717) is 22.3 Å². The molecule has 0 bridgehead atoms. The Balaban J connectivity index is 1.51. The first-order valence-electron chi connectivity index (χ1n) is 10.6. The summed E-state index contributed by atoms with van der Waals surface area (Å²) in [5, 5.41) is 15.7. The number of thioether (sulfide) groups is 1. The molecule has 0 aliphatic rings. The molecular formula is C25H24ClN5O2S. The van der Waals surface area contributed by atoms with Crippen molar-refractivity contribution in [2.45, 2.75) is 24.4 Å². The summed E-state index contributed by atoms with van der Waals surface area (Å²) < 4.78 is 7.29. The lowest BCUT2D eigenvalue weighted by Crippen LogP contribution is -2.29. The van der Waals surface area contributed by atoms with Crippen molar-refractivity contribution in [3.8, 4) is 11.4 Å². The Morgan fingerprint density at radius 1 is 1.06 bits per heavy atom. The lowest BCUT2D eigenvalue weighted by molar-refractivity contribution is 0.251. The molecule has 0 unspecified atom stereocenters. The van der Waals surface area contributed by atoms with Crippen molar-refractivity contribution < 1.29 is 9.53 Å². The summed E-state index contributed by atoms with van der Waals surface area (Å²) in [4.78, 5) is 12.4. The van der Waals surface area contributed by atoms with Crippen LogP contribution in [0.15, 0.2) is 78.0 Å². The van der Waals surface area contributed by atoms with Crippen molar-refractivity contribution in [1.29, 1.82) is 0 Å². The number of benzene rings is 3. The summed E-state index contributed by atoms with van der Waals surface area (Å²) >= 11 is 7.56. The number of amides is 2. The fourth-order valence-corrected chi connectivity index (χ4v) is 4.38. The molecule has 0 aliphatic heterocycles. The third-order valence-electron chi connectivity index (χ3n) is 4.98. The monoisotopic (exact) mass is 493 g/mol. The molecule has 0 spiro atoms. The summed E-state index contributed by atoms with van der Waals surface area (Å²) in [6.45, 7) is 2.24. The maximum Gasteiger partial charge on any atom is 0.319 e. The van der Waals surface area contributed by atoms with Crippen molar-refractivity contribution in [2.24, 2.45) is 0 Å². The molecule has 0 saturated heterocycles. The molecule has 0 saturated carbocycles. The third kappa shape index (κ3) is 6.09. The first kappa shape index (κ1) is 23.7. The number of hydrogen-bond donors (Lipinski definition) is 2. The van der Waals surface area contributed by atoms with Crippen LogP contribution in [0, 0.1) is 6.92 Å². The Bertz CT molecular complexity index is 1280. The number of carbonyl (C=O) groups excluding carboxylic acids is 1. The highest BCUT2D eigenvalue weighted by molar-refractivity contribution is 7.98. The molecular weight excluding hydrogens is 470 g/mol. The average molecular weight is 494 g/mol. The van der Waals surface area contributed by atoms with Gasteiger partial charge in [-0.1, -0.05) is 59.3 Å². The maximum absolute atomic E-state index is 12.4. The molecule has 0 radical (unpaired) electrons. The number of anilines is 1. The van der Waals surface area contributed by atoms with E-state index in [1.165, 1.54) is 0 Å². The molecule has 4 rings (SSSR count). The number of aromatic nitrogens is 3. The second-order valence-corrected chi connectivity index (χ2v) is 8.91. The summed E-state index contributed by atoms with van der Waals surface area (Å²) in [7, 11) is 1.65. The van der Waals surface area contributed by atoms with Gasteiger partial charge >= 0.3 is 6.03 Å². The van der Waals surface area contributed by atoms with Gasteiger partial charge in [-0.15, -0.1) is 10.2 Å². The Kier molecular flexibility index (Phi) is 7.72. The van der Waals surface area contributed by atoms with Crippen LogP contribution in [0.4, 0.5) is 10.5 Å². The minimum Gasteiger partial charge on any atom is -0.497 e. The molecule has 0 fully saturated rings. The van der Waals surface area contributed by atoms with Gasteiger partial charge in [-0.2, -0.15) is 0 Å². The van der Waals surface area contributed by atoms with Crippen LogP contribution >= 0.6 is 23.4 Å². The van der Waals surface area contributed by atoms with Crippen molar-refractivity contribution >= 4 is 35.1 Å².